The summed E-state index contributed by atoms with van der Waals surface area (Å²) in [4.78, 5) is 5.27. The fourth-order valence-electron chi connectivity index (χ4n) is 5.14. The van der Waals surface area contributed by atoms with Gasteiger partial charge >= 0.3 is 0 Å². The molecular weight excluding hydrogens is 450 g/mol. The molecule has 0 spiro atoms. The van der Waals surface area contributed by atoms with Gasteiger partial charge in [0.15, 0.2) is 12.5 Å². The van der Waals surface area contributed by atoms with Gasteiger partial charge in [-0.05, 0) is 63.5 Å². The maximum absolute atomic E-state index is 6.17. The van der Waals surface area contributed by atoms with E-state index >= 15 is 0 Å². The number of ether oxygens (including phenoxy) is 2. The van der Waals surface area contributed by atoms with E-state index in [2.05, 4.69) is 69.1 Å². The lowest BCUT2D eigenvalue weighted by molar-refractivity contribution is -0.0403. The molecule has 36 heavy (non-hydrogen) atoms. The molecule has 0 N–H and O–H groups in total. The Morgan fingerprint density at radius 1 is 0.750 bits per heavy atom. The number of aliphatic imine (C=N–C) groups is 1. The van der Waals surface area contributed by atoms with Crippen LogP contribution in [0.4, 0.5) is 0 Å². The smallest absolute Gasteiger partial charge is 0.150 e. The van der Waals surface area contributed by atoms with Crippen molar-refractivity contribution in [2.45, 2.75) is 116 Å². The first-order valence-corrected chi connectivity index (χ1v) is 13.8. The fraction of sp³-hybridized carbons (Fsp3) is 0.690. The number of hydrogen-bond acceptors (Lipinski definition) is 5. The van der Waals surface area contributed by atoms with Gasteiger partial charge in [0, 0.05) is 24.0 Å². The average molecular weight is 494 g/mol. The third-order valence-electron chi connectivity index (χ3n) is 7.40. The van der Waals surface area contributed by atoms with Gasteiger partial charge in [-0.25, -0.2) is 14.4 Å². The van der Waals surface area contributed by atoms with E-state index in [9.17, 15) is 0 Å². The highest BCUT2D eigenvalue weighted by Crippen LogP contribution is 2.35. The molecule has 2 aromatic heterocycles. The minimum Gasteiger partial charge on any atom is -0.356 e. The number of allylic oxidation sites excluding steroid dienone is 1. The molecule has 0 radical (unpaired) electrons. The van der Waals surface area contributed by atoms with Crippen LogP contribution in [-0.4, -0.2) is 38.5 Å². The Bertz CT molecular complexity index is 1130. The van der Waals surface area contributed by atoms with Crippen LogP contribution in [0.1, 0.15) is 128 Å². The van der Waals surface area contributed by atoms with Gasteiger partial charge in [-0.15, -0.1) is 0 Å². The lowest BCUT2D eigenvalue weighted by atomic mass is 9.91. The van der Waals surface area contributed by atoms with Crippen molar-refractivity contribution in [3.05, 3.63) is 41.0 Å². The topological polar surface area (TPSA) is 66.5 Å². The van der Waals surface area contributed by atoms with Gasteiger partial charge in [0.05, 0.1) is 34.2 Å². The van der Waals surface area contributed by atoms with Crippen LogP contribution in [0.3, 0.4) is 0 Å². The second kappa shape index (κ2) is 9.90. The molecule has 7 heteroatoms. The molecule has 2 saturated heterocycles. The van der Waals surface area contributed by atoms with Crippen molar-refractivity contribution in [3.8, 4) is 0 Å². The third-order valence-corrected chi connectivity index (χ3v) is 7.40. The zero-order valence-electron chi connectivity index (χ0n) is 23.0. The van der Waals surface area contributed by atoms with Crippen LogP contribution in [0.15, 0.2) is 23.2 Å². The van der Waals surface area contributed by atoms with E-state index in [-0.39, 0.29) is 23.3 Å². The van der Waals surface area contributed by atoms with Crippen molar-refractivity contribution in [3.63, 3.8) is 0 Å². The highest BCUT2D eigenvalue weighted by atomic mass is 16.5. The summed E-state index contributed by atoms with van der Waals surface area (Å²) < 4.78 is 16.6. The minimum absolute atomic E-state index is 0.0180. The van der Waals surface area contributed by atoms with Gasteiger partial charge in [0.1, 0.15) is 0 Å². The third kappa shape index (κ3) is 5.23. The van der Waals surface area contributed by atoms with Gasteiger partial charge in [0.2, 0.25) is 0 Å². The zero-order chi connectivity index (χ0) is 25.5. The molecule has 2 unspecified atom stereocenters. The van der Waals surface area contributed by atoms with Crippen LogP contribution < -0.4 is 0 Å². The number of hydrogen-bond donors (Lipinski definition) is 0. The van der Waals surface area contributed by atoms with Crippen molar-refractivity contribution in [2.24, 2.45) is 4.99 Å². The maximum atomic E-state index is 6.17. The Morgan fingerprint density at radius 3 is 1.78 bits per heavy atom. The molecule has 2 aromatic rings. The Balaban J connectivity index is 1.55. The summed E-state index contributed by atoms with van der Waals surface area (Å²) in [6.45, 7) is 14.9. The van der Waals surface area contributed by atoms with Crippen molar-refractivity contribution >= 4 is 11.4 Å². The van der Waals surface area contributed by atoms with Crippen LogP contribution in [-0.2, 0) is 20.3 Å². The molecule has 3 aliphatic heterocycles. The van der Waals surface area contributed by atoms with Crippen molar-refractivity contribution in [1.82, 2.24) is 19.6 Å². The van der Waals surface area contributed by atoms with E-state index in [1.165, 1.54) is 12.8 Å². The molecular formula is C29H43N5O2. The summed E-state index contributed by atoms with van der Waals surface area (Å²) in [5.74, 6) is 0. The van der Waals surface area contributed by atoms with E-state index in [1.54, 1.807) is 0 Å². The predicted molar refractivity (Wildman–Crippen MR) is 143 cm³/mol. The predicted octanol–water partition coefficient (Wildman–Crippen LogP) is 6.70. The summed E-state index contributed by atoms with van der Waals surface area (Å²) >= 11 is 0. The van der Waals surface area contributed by atoms with Crippen LogP contribution in [0.5, 0.6) is 0 Å². The summed E-state index contributed by atoms with van der Waals surface area (Å²) in [6, 6.07) is 4.46. The molecule has 0 aliphatic carbocycles. The Morgan fingerprint density at radius 2 is 1.28 bits per heavy atom. The number of nitrogens with zero attached hydrogens (tertiary/aromatic N) is 5. The molecule has 7 nitrogen and oxygen atoms in total. The lowest BCUT2D eigenvalue weighted by Gasteiger charge is -2.26. The quantitative estimate of drug-likeness (QED) is 0.475. The standard InChI is InChI=1S/C29H43N5O2/c1-28(2,3)24-18-22(33(31-24)26-14-7-9-16-35-26)20-12-11-13-21(30-20)23-19-25(29(4,5)6)32-34(23)27-15-8-10-17-36-27/h12,18-19,26-27H,7-11,13-17H2,1-6H3. The van der Waals surface area contributed by atoms with Gasteiger partial charge in [0.25, 0.3) is 0 Å². The molecule has 5 heterocycles. The number of aromatic nitrogens is 4. The molecule has 2 atom stereocenters. The Hall–Kier alpha value is -2.25. The molecule has 0 aromatic carbocycles. The average Bonchev–Trinajstić information content (AvgIpc) is 3.51. The molecule has 0 bridgehead atoms. The molecule has 5 rings (SSSR count). The summed E-state index contributed by atoms with van der Waals surface area (Å²) in [7, 11) is 0. The highest BCUT2D eigenvalue weighted by molar-refractivity contribution is 6.03. The van der Waals surface area contributed by atoms with Gasteiger partial charge in [-0.3, -0.25) is 0 Å². The minimum atomic E-state index is -0.0466. The van der Waals surface area contributed by atoms with Crippen LogP contribution in [0.2, 0.25) is 0 Å². The van der Waals surface area contributed by atoms with E-state index in [1.807, 2.05) is 0 Å². The van der Waals surface area contributed by atoms with E-state index in [4.69, 9.17) is 24.7 Å². The second-order valence-corrected chi connectivity index (χ2v) is 12.5. The molecule has 196 valence electrons. The monoisotopic (exact) mass is 493 g/mol. The summed E-state index contributed by atoms with van der Waals surface area (Å²) in [5.41, 5.74) is 6.29. The first-order valence-electron chi connectivity index (χ1n) is 13.8. The van der Waals surface area contributed by atoms with Gasteiger partial charge < -0.3 is 9.47 Å². The van der Waals surface area contributed by atoms with Crippen LogP contribution >= 0.6 is 0 Å². The van der Waals surface area contributed by atoms with E-state index in [0.29, 0.717) is 0 Å². The number of rotatable bonds is 4. The summed E-state index contributed by atoms with van der Waals surface area (Å²) in [6.07, 6.45) is 10.6. The molecule has 0 amide bonds. The van der Waals surface area contributed by atoms with Gasteiger partial charge in [-0.1, -0.05) is 47.6 Å². The largest absolute Gasteiger partial charge is 0.356 e. The fourth-order valence-corrected chi connectivity index (χ4v) is 5.14. The Labute approximate surface area is 216 Å². The zero-order valence-corrected chi connectivity index (χ0v) is 23.0. The SMILES string of the molecule is CC(C)(C)c1cc(C2=CCCC(c3cc(C(C)(C)C)nn3C3CCCCO3)=N2)n(C2CCCCO2)n1. The molecule has 3 aliphatic rings. The van der Waals surface area contributed by atoms with Crippen LogP contribution in [0, 0.1) is 0 Å². The second-order valence-electron chi connectivity index (χ2n) is 12.5. The van der Waals surface area contributed by atoms with Crippen molar-refractivity contribution < 1.29 is 9.47 Å². The maximum Gasteiger partial charge on any atom is 0.150 e. The van der Waals surface area contributed by atoms with Crippen molar-refractivity contribution in [1.29, 1.82) is 0 Å². The summed E-state index contributed by atoms with van der Waals surface area (Å²) in [5, 5.41) is 10.1. The van der Waals surface area contributed by atoms with E-state index < -0.39 is 0 Å². The van der Waals surface area contributed by atoms with Crippen LogP contribution in [0.25, 0.3) is 5.70 Å². The van der Waals surface area contributed by atoms with Crippen molar-refractivity contribution in [2.75, 3.05) is 13.2 Å². The Kier molecular flexibility index (Phi) is 6.98. The first kappa shape index (κ1) is 25.4. The molecule has 0 saturated carbocycles. The lowest BCUT2D eigenvalue weighted by Crippen LogP contribution is -2.24. The van der Waals surface area contributed by atoms with Gasteiger partial charge in [-0.2, -0.15) is 10.2 Å². The van der Waals surface area contributed by atoms with E-state index in [0.717, 1.165) is 85.9 Å². The highest BCUT2D eigenvalue weighted by Gasteiger charge is 2.30. The normalized spacial score (nSPS) is 23.9. The first-order chi connectivity index (χ1) is 17.1. The molecule has 2 fully saturated rings.